The third-order valence-electron chi connectivity index (χ3n) is 5.13. The van der Waals surface area contributed by atoms with Crippen molar-refractivity contribution in [1.82, 2.24) is 0 Å². The zero-order chi connectivity index (χ0) is 19.5. The molecule has 3 aromatic carbocycles. The molecule has 3 nitrogen and oxygen atoms in total. The van der Waals surface area contributed by atoms with E-state index >= 15 is 0 Å². The largest absolute Gasteiger partial charge is 0.496 e. The number of nitrogens with one attached hydrogen (secondary N) is 1. The Bertz CT molecular complexity index is 1010. The zero-order valence-corrected chi connectivity index (χ0v) is 16.4. The van der Waals surface area contributed by atoms with E-state index in [0.717, 1.165) is 41.3 Å². The van der Waals surface area contributed by atoms with Crippen LogP contribution in [0.3, 0.4) is 0 Å². The maximum absolute atomic E-state index is 6.34. The Kier molecular flexibility index (Phi) is 5.07. The van der Waals surface area contributed by atoms with E-state index in [9.17, 15) is 0 Å². The van der Waals surface area contributed by atoms with Crippen molar-refractivity contribution in [3.8, 4) is 33.8 Å². The van der Waals surface area contributed by atoms with Crippen LogP contribution in [0.15, 0.2) is 73.3 Å². The van der Waals surface area contributed by atoms with E-state index in [1.807, 2.05) is 24.3 Å². The van der Waals surface area contributed by atoms with E-state index in [1.165, 1.54) is 16.7 Å². The summed E-state index contributed by atoms with van der Waals surface area (Å²) in [6.45, 7) is 6.92. The minimum absolute atomic E-state index is 0.0571. The third-order valence-corrected chi connectivity index (χ3v) is 5.13. The van der Waals surface area contributed by atoms with Crippen LogP contribution in [0.5, 0.6) is 11.5 Å². The second-order valence-electron chi connectivity index (χ2n) is 6.84. The van der Waals surface area contributed by atoms with E-state index in [1.54, 1.807) is 7.11 Å². The molecule has 3 heteroatoms. The topological polar surface area (TPSA) is 30.5 Å². The quantitative estimate of drug-likeness (QED) is 0.504. The van der Waals surface area contributed by atoms with Gasteiger partial charge in [-0.2, -0.15) is 0 Å². The number of hydrogen-bond donors (Lipinski definition) is 1. The number of benzene rings is 3. The Morgan fingerprint density at radius 3 is 2.71 bits per heavy atom. The summed E-state index contributed by atoms with van der Waals surface area (Å²) in [6, 6.07) is 21.0. The molecular weight excluding hydrogens is 346 g/mol. The first-order valence-electron chi connectivity index (χ1n) is 9.69. The van der Waals surface area contributed by atoms with Crippen molar-refractivity contribution in [3.05, 3.63) is 78.9 Å². The van der Waals surface area contributed by atoms with Gasteiger partial charge < -0.3 is 14.8 Å². The molecule has 1 heterocycles. The van der Waals surface area contributed by atoms with Gasteiger partial charge in [-0.25, -0.2) is 0 Å². The van der Waals surface area contributed by atoms with Gasteiger partial charge in [0.1, 0.15) is 17.6 Å². The van der Waals surface area contributed by atoms with Crippen molar-refractivity contribution in [1.29, 1.82) is 0 Å². The van der Waals surface area contributed by atoms with Crippen LogP contribution in [0, 0.1) is 0 Å². The molecule has 1 atom stereocenters. The molecule has 28 heavy (non-hydrogen) atoms. The van der Waals surface area contributed by atoms with Gasteiger partial charge in [0.05, 0.1) is 12.7 Å². The van der Waals surface area contributed by atoms with E-state index in [2.05, 4.69) is 61.3 Å². The van der Waals surface area contributed by atoms with Gasteiger partial charge in [0, 0.05) is 29.8 Å². The first kappa shape index (κ1) is 18.2. The number of hydrogen-bond acceptors (Lipinski definition) is 3. The molecule has 0 aliphatic carbocycles. The molecule has 0 radical (unpaired) electrons. The Hall–Kier alpha value is -3.20. The predicted octanol–water partition coefficient (Wildman–Crippen LogP) is 6.47. The van der Waals surface area contributed by atoms with Crippen LogP contribution >= 0.6 is 0 Å². The molecule has 1 unspecified atom stereocenters. The molecule has 1 aliphatic rings. The van der Waals surface area contributed by atoms with Crippen LogP contribution in [0.25, 0.3) is 22.3 Å². The summed E-state index contributed by atoms with van der Waals surface area (Å²) in [6.07, 6.45) is 2.61. The van der Waals surface area contributed by atoms with Gasteiger partial charge >= 0.3 is 0 Å². The summed E-state index contributed by atoms with van der Waals surface area (Å²) >= 11 is 0. The lowest BCUT2D eigenvalue weighted by atomic mass is 9.88. The molecule has 0 fully saturated rings. The van der Waals surface area contributed by atoms with E-state index in [-0.39, 0.29) is 6.10 Å². The van der Waals surface area contributed by atoms with Gasteiger partial charge in [-0.1, -0.05) is 42.5 Å². The van der Waals surface area contributed by atoms with E-state index in [4.69, 9.17) is 9.47 Å². The summed E-state index contributed by atoms with van der Waals surface area (Å²) in [5.74, 6) is 1.69. The second kappa shape index (κ2) is 7.81. The number of ether oxygens (including phenoxy) is 2. The maximum Gasteiger partial charge on any atom is 0.131 e. The standard InChI is InChI=1S/C25H25NO2/c1-4-9-22-20-16-17(18-10-6-7-11-21(18)26-5-2)14-15-19(20)25-23(27-3)12-8-13-24(25)28-22/h4,6-8,10-16,22,26H,1,5,9H2,2-3H3. The van der Waals surface area contributed by atoms with Crippen molar-refractivity contribution < 1.29 is 9.47 Å². The molecule has 1 aliphatic heterocycles. The highest BCUT2D eigenvalue weighted by molar-refractivity contribution is 5.85. The number of rotatable bonds is 6. The van der Waals surface area contributed by atoms with Crippen molar-refractivity contribution in [2.24, 2.45) is 0 Å². The molecule has 0 saturated carbocycles. The van der Waals surface area contributed by atoms with Crippen molar-refractivity contribution in [2.45, 2.75) is 19.4 Å². The first-order chi connectivity index (χ1) is 13.8. The fourth-order valence-corrected chi connectivity index (χ4v) is 3.89. The highest BCUT2D eigenvalue weighted by Gasteiger charge is 2.28. The smallest absolute Gasteiger partial charge is 0.131 e. The number of para-hydroxylation sites is 1. The highest BCUT2D eigenvalue weighted by Crippen LogP contribution is 2.49. The summed E-state index contributed by atoms with van der Waals surface area (Å²) in [5.41, 5.74) is 6.85. The molecular formula is C25H25NO2. The molecule has 3 aromatic rings. The van der Waals surface area contributed by atoms with Gasteiger partial charge in [-0.15, -0.1) is 6.58 Å². The zero-order valence-electron chi connectivity index (χ0n) is 16.4. The lowest BCUT2D eigenvalue weighted by Crippen LogP contribution is -2.14. The Morgan fingerprint density at radius 2 is 1.93 bits per heavy atom. The fraction of sp³-hybridized carbons (Fsp3) is 0.200. The predicted molar refractivity (Wildman–Crippen MR) is 116 cm³/mol. The second-order valence-corrected chi connectivity index (χ2v) is 6.84. The van der Waals surface area contributed by atoms with Crippen LogP contribution in [-0.2, 0) is 0 Å². The first-order valence-corrected chi connectivity index (χ1v) is 9.69. The van der Waals surface area contributed by atoms with Gasteiger partial charge in [0.15, 0.2) is 0 Å². The van der Waals surface area contributed by atoms with Crippen molar-refractivity contribution in [3.63, 3.8) is 0 Å². The number of fused-ring (bicyclic) bond motifs is 3. The monoisotopic (exact) mass is 371 g/mol. The summed E-state index contributed by atoms with van der Waals surface area (Å²) < 4.78 is 12.0. The summed E-state index contributed by atoms with van der Waals surface area (Å²) in [7, 11) is 1.70. The van der Waals surface area contributed by atoms with Crippen LogP contribution in [0.2, 0.25) is 0 Å². The molecule has 0 saturated heterocycles. The molecule has 1 N–H and O–H groups in total. The lowest BCUT2D eigenvalue weighted by Gasteiger charge is -2.30. The van der Waals surface area contributed by atoms with Gasteiger partial charge in [-0.05, 0) is 42.3 Å². The SMILES string of the molecule is C=CCC1Oc2cccc(OC)c2-c2ccc(-c3ccccc3NCC)cc21. The molecule has 0 spiro atoms. The van der Waals surface area contributed by atoms with Crippen molar-refractivity contribution in [2.75, 3.05) is 19.0 Å². The van der Waals surface area contributed by atoms with E-state index < -0.39 is 0 Å². The molecule has 0 bridgehead atoms. The molecule has 4 rings (SSSR count). The van der Waals surface area contributed by atoms with Crippen molar-refractivity contribution >= 4 is 5.69 Å². The van der Waals surface area contributed by atoms with Gasteiger partial charge in [0.2, 0.25) is 0 Å². The molecule has 0 aromatic heterocycles. The number of methoxy groups -OCH3 is 1. The molecule has 0 amide bonds. The third kappa shape index (κ3) is 3.13. The van der Waals surface area contributed by atoms with Crippen LogP contribution in [0.4, 0.5) is 5.69 Å². The normalized spacial score (nSPS) is 14.4. The Balaban J connectivity index is 1.89. The Morgan fingerprint density at radius 1 is 1.07 bits per heavy atom. The highest BCUT2D eigenvalue weighted by atomic mass is 16.5. The van der Waals surface area contributed by atoms with Gasteiger partial charge in [-0.3, -0.25) is 0 Å². The molecule has 142 valence electrons. The average Bonchev–Trinajstić information content (AvgIpc) is 2.74. The van der Waals surface area contributed by atoms with Crippen LogP contribution < -0.4 is 14.8 Å². The maximum atomic E-state index is 6.34. The van der Waals surface area contributed by atoms with E-state index in [0.29, 0.717) is 0 Å². The average molecular weight is 371 g/mol. The minimum Gasteiger partial charge on any atom is -0.496 e. The number of anilines is 1. The lowest BCUT2D eigenvalue weighted by molar-refractivity contribution is 0.205. The summed E-state index contributed by atoms with van der Waals surface area (Å²) in [5, 5.41) is 3.46. The van der Waals surface area contributed by atoms with Crippen LogP contribution in [0.1, 0.15) is 25.0 Å². The Labute approximate surface area is 166 Å². The minimum atomic E-state index is -0.0571. The van der Waals surface area contributed by atoms with Crippen LogP contribution in [-0.4, -0.2) is 13.7 Å². The summed E-state index contributed by atoms with van der Waals surface area (Å²) in [4.78, 5) is 0. The van der Waals surface area contributed by atoms with Gasteiger partial charge in [0.25, 0.3) is 0 Å². The fourth-order valence-electron chi connectivity index (χ4n) is 3.89.